The molecule has 0 atom stereocenters. The molecule has 1 aromatic rings. The number of hydrogen-bond acceptors (Lipinski definition) is 4. The highest BCUT2D eigenvalue weighted by Crippen LogP contribution is 2.22. The van der Waals surface area contributed by atoms with Crippen molar-refractivity contribution in [1.82, 2.24) is 9.29 Å². The van der Waals surface area contributed by atoms with Gasteiger partial charge in [0.25, 0.3) is 6.43 Å². The van der Waals surface area contributed by atoms with Gasteiger partial charge >= 0.3 is 0 Å². The summed E-state index contributed by atoms with van der Waals surface area (Å²) < 4.78 is 49.2. The third-order valence-electron chi connectivity index (χ3n) is 2.03. The molecule has 0 fully saturated rings. The fourth-order valence-corrected chi connectivity index (χ4v) is 3.11. The molecule has 0 unspecified atom stereocenters. The molecule has 0 aliphatic heterocycles. The second-order valence-corrected chi connectivity index (χ2v) is 5.53. The van der Waals surface area contributed by atoms with E-state index in [9.17, 15) is 17.2 Å². The van der Waals surface area contributed by atoms with E-state index in [1.807, 2.05) is 0 Å². The number of aliphatic hydroxyl groups excluding tert-OH is 1. The van der Waals surface area contributed by atoms with Crippen molar-refractivity contribution in [2.45, 2.75) is 11.3 Å². The van der Waals surface area contributed by atoms with Crippen molar-refractivity contribution in [3.8, 4) is 0 Å². The number of rotatable bonds is 6. The van der Waals surface area contributed by atoms with E-state index < -0.39 is 36.1 Å². The van der Waals surface area contributed by atoms with Gasteiger partial charge in [0.15, 0.2) is 0 Å². The summed E-state index contributed by atoms with van der Waals surface area (Å²) in [6.07, 6.45) is -1.56. The van der Waals surface area contributed by atoms with E-state index in [1.165, 1.54) is 18.3 Å². The van der Waals surface area contributed by atoms with Gasteiger partial charge in [0, 0.05) is 12.7 Å². The Morgan fingerprint density at radius 3 is 2.67 bits per heavy atom. The Kier molecular flexibility index (Phi) is 5.39. The first-order valence-corrected chi connectivity index (χ1v) is 6.71. The Hall–Kier alpha value is -0.830. The molecular weight excluding hydrogens is 290 g/mol. The van der Waals surface area contributed by atoms with Crippen LogP contribution in [0.2, 0.25) is 5.15 Å². The minimum absolute atomic E-state index is 0.297. The van der Waals surface area contributed by atoms with Gasteiger partial charge in [-0.25, -0.2) is 22.2 Å². The second kappa shape index (κ2) is 6.37. The van der Waals surface area contributed by atoms with Crippen LogP contribution in [0.1, 0.15) is 0 Å². The van der Waals surface area contributed by atoms with Crippen LogP contribution < -0.4 is 0 Å². The summed E-state index contributed by atoms with van der Waals surface area (Å²) in [4.78, 5) is 3.22. The van der Waals surface area contributed by atoms with Gasteiger partial charge < -0.3 is 5.11 Å². The quantitative estimate of drug-likeness (QED) is 0.795. The zero-order valence-electron chi connectivity index (χ0n) is 9.13. The van der Waals surface area contributed by atoms with Crippen LogP contribution in [0.25, 0.3) is 0 Å². The van der Waals surface area contributed by atoms with Crippen LogP contribution >= 0.6 is 11.6 Å². The maximum atomic E-state index is 12.3. The second-order valence-electron chi connectivity index (χ2n) is 3.27. The number of aliphatic hydroxyl groups is 1. The fourth-order valence-electron chi connectivity index (χ4n) is 1.28. The predicted octanol–water partition coefficient (Wildman–Crippen LogP) is 0.983. The van der Waals surface area contributed by atoms with Crippen LogP contribution in [0, 0.1) is 0 Å². The number of halogens is 3. The minimum Gasteiger partial charge on any atom is -0.395 e. The lowest BCUT2D eigenvalue weighted by atomic mass is 10.5. The monoisotopic (exact) mass is 300 g/mol. The summed E-state index contributed by atoms with van der Waals surface area (Å²) in [5.74, 6) is 0. The normalized spacial score (nSPS) is 12.3. The number of sulfonamides is 1. The molecule has 18 heavy (non-hydrogen) atoms. The highest BCUT2D eigenvalue weighted by Gasteiger charge is 2.28. The molecule has 0 aliphatic rings. The first-order chi connectivity index (χ1) is 8.39. The number of nitrogens with zero attached hydrogens (tertiary/aromatic N) is 2. The molecule has 1 rings (SSSR count). The van der Waals surface area contributed by atoms with Crippen molar-refractivity contribution < 1.29 is 22.3 Å². The molecule has 1 heterocycles. The van der Waals surface area contributed by atoms with E-state index in [0.29, 0.717) is 4.31 Å². The molecule has 9 heteroatoms. The summed E-state index contributed by atoms with van der Waals surface area (Å²) in [6, 6.07) is 2.50. The molecule has 102 valence electrons. The molecule has 5 nitrogen and oxygen atoms in total. The average Bonchev–Trinajstić information content (AvgIpc) is 2.28. The van der Waals surface area contributed by atoms with Crippen molar-refractivity contribution in [2.24, 2.45) is 0 Å². The molecule has 1 N–H and O–H groups in total. The zero-order chi connectivity index (χ0) is 13.8. The zero-order valence-corrected chi connectivity index (χ0v) is 10.7. The molecule has 0 radical (unpaired) electrons. The van der Waals surface area contributed by atoms with E-state index in [2.05, 4.69) is 4.98 Å². The highest BCUT2D eigenvalue weighted by molar-refractivity contribution is 7.89. The van der Waals surface area contributed by atoms with Gasteiger partial charge in [-0.2, -0.15) is 4.31 Å². The van der Waals surface area contributed by atoms with E-state index in [4.69, 9.17) is 16.7 Å². The molecule has 0 spiro atoms. The van der Waals surface area contributed by atoms with Crippen LogP contribution in [0.3, 0.4) is 0 Å². The predicted molar refractivity (Wildman–Crippen MR) is 61.1 cm³/mol. The Morgan fingerprint density at radius 2 is 2.17 bits per heavy atom. The van der Waals surface area contributed by atoms with E-state index in [-0.39, 0.29) is 10.0 Å². The molecule has 0 bridgehead atoms. The Bertz CT molecular complexity index is 498. The van der Waals surface area contributed by atoms with Crippen molar-refractivity contribution in [3.63, 3.8) is 0 Å². The van der Waals surface area contributed by atoms with Crippen molar-refractivity contribution in [1.29, 1.82) is 0 Å². The van der Waals surface area contributed by atoms with Crippen LogP contribution in [-0.4, -0.2) is 48.9 Å². The Morgan fingerprint density at radius 1 is 1.50 bits per heavy atom. The molecule has 0 aliphatic carbocycles. The van der Waals surface area contributed by atoms with Crippen LogP contribution in [0.15, 0.2) is 23.2 Å². The van der Waals surface area contributed by atoms with E-state index >= 15 is 0 Å². The average molecular weight is 301 g/mol. The number of aromatic nitrogens is 1. The van der Waals surface area contributed by atoms with Gasteiger partial charge in [-0.1, -0.05) is 11.6 Å². The maximum absolute atomic E-state index is 12.3. The summed E-state index contributed by atoms with van der Waals surface area (Å²) in [7, 11) is -4.19. The first kappa shape index (κ1) is 15.2. The summed E-state index contributed by atoms with van der Waals surface area (Å²) in [6.45, 7) is -2.00. The van der Waals surface area contributed by atoms with Crippen LogP contribution in [0.5, 0.6) is 0 Å². The van der Waals surface area contributed by atoms with E-state index in [1.54, 1.807) is 0 Å². The molecule has 0 aromatic carbocycles. The lowest BCUT2D eigenvalue weighted by Crippen LogP contribution is -2.37. The summed E-state index contributed by atoms with van der Waals surface area (Å²) in [5.41, 5.74) is 0. The molecule has 1 aromatic heterocycles. The van der Waals surface area contributed by atoms with Crippen molar-refractivity contribution >= 4 is 21.6 Å². The standard InChI is InChI=1S/C9H11ClF2N2O3S/c10-9-7(2-1-3-13-9)18(16,17)14(4-5-15)6-8(11)12/h1-3,8,15H,4-6H2. The SMILES string of the molecule is O=S(=O)(c1cccnc1Cl)N(CCO)CC(F)F. The van der Waals surface area contributed by atoms with Gasteiger partial charge in [0.2, 0.25) is 10.0 Å². The third kappa shape index (κ3) is 3.58. The van der Waals surface area contributed by atoms with Crippen molar-refractivity contribution in [3.05, 3.63) is 23.5 Å². The largest absolute Gasteiger partial charge is 0.395 e. The fraction of sp³-hybridized carbons (Fsp3) is 0.444. The van der Waals surface area contributed by atoms with E-state index in [0.717, 1.165) is 0 Å². The Balaban J connectivity index is 3.13. The third-order valence-corrected chi connectivity index (χ3v) is 4.34. The minimum atomic E-state index is -4.19. The van der Waals surface area contributed by atoms with Gasteiger partial charge in [0.1, 0.15) is 10.0 Å². The molecule has 0 saturated carbocycles. The topological polar surface area (TPSA) is 70.5 Å². The van der Waals surface area contributed by atoms with Crippen molar-refractivity contribution in [2.75, 3.05) is 19.7 Å². The van der Waals surface area contributed by atoms with Gasteiger partial charge in [0.05, 0.1) is 13.2 Å². The summed E-state index contributed by atoms with van der Waals surface area (Å²) in [5, 5.41) is 8.43. The molecular formula is C9H11ClF2N2O3S. The molecule has 0 saturated heterocycles. The Labute approximate surface area is 108 Å². The van der Waals surface area contributed by atoms with Crippen LogP contribution in [-0.2, 0) is 10.0 Å². The van der Waals surface area contributed by atoms with Gasteiger partial charge in [-0.15, -0.1) is 0 Å². The number of hydrogen-bond donors (Lipinski definition) is 1. The first-order valence-electron chi connectivity index (χ1n) is 4.89. The number of pyridine rings is 1. The maximum Gasteiger partial charge on any atom is 0.252 e. The van der Waals surface area contributed by atoms with Gasteiger partial charge in [-0.3, -0.25) is 0 Å². The smallest absolute Gasteiger partial charge is 0.252 e. The lowest BCUT2D eigenvalue weighted by molar-refractivity contribution is 0.113. The van der Waals surface area contributed by atoms with Crippen LogP contribution in [0.4, 0.5) is 8.78 Å². The number of alkyl halides is 2. The summed E-state index contributed by atoms with van der Waals surface area (Å²) >= 11 is 5.62. The van der Waals surface area contributed by atoms with Gasteiger partial charge in [-0.05, 0) is 12.1 Å². The highest BCUT2D eigenvalue weighted by atomic mass is 35.5. The molecule has 0 amide bonds. The lowest BCUT2D eigenvalue weighted by Gasteiger charge is -2.20.